The number of piperidine rings is 1. The van der Waals surface area contributed by atoms with E-state index in [1.165, 1.54) is 16.7 Å². The lowest BCUT2D eigenvalue weighted by Gasteiger charge is -2.32. The molecule has 1 atom stereocenters. The van der Waals surface area contributed by atoms with Gasteiger partial charge in [-0.15, -0.1) is 0 Å². The van der Waals surface area contributed by atoms with E-state index in [9.17, 15) is 5.11 Å². The smallest absolute Gasteiger partial charge is 0.165 e. The first-order valence-electron chi connectivity index (χ1n) is 13.4. The van der Waals surface area contributed by atoms with Crippen LogP contribution in [0.1, 0.15) is 54.4 Å². The first-order valence-corrected chi connectivity index (χ1v) is 13.4. The molecule has 2 aliphatic rings. The van der Waals surface area contributed by atoms with Crippen molar-refractivity contribution < 1.29 is 19.0 Å². The number of methoxy groups -OCH3 is 1. The summed E-state index contributed by atoms with van der Waals surface area (Å²) in [4.78, 5) is 2.30. The van der Waals surface area contributed by atoms with Crippen molar-refractivity contribution in [3.8, 4) is 17.2 Å². The molecule has 3 aromatic carbocycles. The Balaban J connectivity index is 1.37. The maximum Gasteiger partial charge on any atom is 0.165 e. The van der Waals surface area contributed by atoms with Crippen molar-refractivity contribution in [1.82, 2.24) is 5.32 Å². The van der Waals surface area contributed by atoms with Crippen LogP contribution in [-0.4, -0.2) is 38.0 Å². The van der Waals surface area contributed by atoms with Crippen molar-refractivity contribution in [3.05, 3.63) is 82.7 Å². The molecule has 6 heteroatoms. The molecule has 1 aliphatic heterocycles. The molecule has 2 N–H and O–H groups in total. The van der Waals surface area contributed by atoms with Gasteiger partial charge < -0.3 is 24.8 Å². The highest BCUT2D eigenvalue weighted by Gasteiger charge is 2.25. The highest BCUT2D eigenvalue weighted by atomic mass is 19.1. The number of hydrogen-bond acceptors (Lipinski definition) is 5. The van der Waals surface area contributed by atoms with E-state index in [0.717, 1.165) is 68.7 Å². The number of halogens is 1. The summed E-state index contributed by atoms with van der Waals surface area (Å²) in [5.41, 5.74) is 5.86. The van der Waals surface area contributed by atoms with Gasteiger partial charge >= 0.3 is 0 Å². The molecule has 0 saturated carbocycles. The van der Waals surface area contributed by atoms with Crippen LogP contribution in [0.3, 0.4) is 0 Å². The van der Waals surface area contributed by atoms with Crippen molar-refractivity contribution in [3.63, 3.8) is 0 Å². The van der Waals surface area contributed by atoms with Gasteiger partial charge in [-0.2, -0.15) is 0 Å². The van der Waals surface area contributed by atoms with E-state index >= 15 is 4.39 Å². The van der Waals surface area contributed by atoms with E-state index in [4.69, 9.17) is 9.47 Å². The molecule has 5 rings (SSSR count). The Morgan fingerprint density at radius 1 is 1.00 bits per heavy atom. The average Bonchev–Trinajstić information content (AvgIpc) is 2.93. The number of ether oxygens (including phenoxy) is 2. The summed E-state index contributed by atoms with van der Waals surface area (Å²) in [7, 11) is 1.69. The number of aromatic hydroxyl groups is 1. The Morgan fingerprint density at radius 2 is 1.84 bits per heavy atom. The van der Waals surface area contributed by atoms with E-state index in [0.29, 0.717) is 24.0 Å². The maximum atomic E-state index is 15.0. The molecular formula is C31H37FN2O3. The van der Waals surface area contributed by atoms with Crippen LogP contribution in [-0.2, 0) is 19.4 Å². The Hall–Kier alpha value is -3.25. The zero-order valence-electron chi connectivity index (χ0n) is 21.8. The molecule has 37 heavy (non-hydrogen) atoms. The molecule has 0 aromatic heterocycles. The minimum absolute atomic E-state index is 0.0673. The second-order valence-electron chi connectivity index (χ2n) is 10.2. The van der Waals surface area contributed by atoms with Crippen LogP contribution in [0.5, 0.6) is 17.2 Å². The summed E-state index contributed by atoms with van der Waals surface area (Å²) >= 11 is 0. The van der Waals surface area contributed by atoms with Gasteiger partial charge in [-0.25, -0.2) is 4.39 Å². The third kappa shape index (κ3) is 5.85. The lowest BCUT2D eigenvalue weighted by atomic mass is 9.79. The second-order valence-corrected chi connectivity index (χ2v) is 10.2. The normalized spacial score (nSPS) is 17.8. The Kier molecular flexibility index (Phi) is 7.85. The SMILES string of the molecule is CCN(Cc1ccc(OC2CCNCC2)c(F)c1)c1cc(OC)ccc1[C@@H]1CCc2cc(O)ccc2C1. The van der Waals surface area contributed by atoms with Gasteiger partial charge in [-0.05, 0) is 111 Å². The topological polar surface area (TPSA) is 54.0 Å². The summed E-state index contributed by atoms with van der Waals surface area (Å²) in [6.07, 6.45) is 4.76. The van der Waals surface area contributed by atoms with Gasteiger partial charge in [0, 0.05) is 24.8 Å². The van der Waals surface area contributed by atoms with Gasteiger partial charge in [0.1, 0.15) is 17.6 Å². The molecule has 0 unspecified atom stereocenters. The van der Waals surface area contributed by atoms with Crippen LogP contribution in [0, 0.1) is 5.82 Å². The van der Waals surface area contributed by atoms with Gasteiger partial charge in [-0.1, -0.05) is 18.2 Å². The summed E-state index contributed by atoms with van der Waals surface area (Å²) in [6.45, 7) is 5.33. The fourth-order valence-electron chi connectivity index (χ4n) is 5.70. The molecule has 196 valence electrons. The van der Waals surface area contributed by atoms with Crippen LogP contribution in [0.2, 0.25) is 0 Å². The second kappa shape index (κ2) is 11.4. The molecule has 1 heterocycles. The van der Waals surface area contributed by atoms with Crippen molar-refractivity contribution in [1.29, 1.82) is 0 Å². The summed E-state index contributed by atoms with van der Waals surface area (Å²) < 4.78 is 26.6. The Morgan fingerprint density at radius 3 is 2.59 bits per heavy atom. The quantitative estimate of drug-likeness (QED) is 0.396. The van der Waals surface area contributed by atoms with E-state index in [-0.39, 0.29) is 11.9 Å². The molecule has 0 radical (unpaired) electrons. The standard InChI is InChI=1S/C31H37FN2O3/c1-3-34(20-21-4-11-31(29(32)16-21)37-26-12-14-33-15-13-26)30-19-27(36-2)9-10-28(30)24-6-5-23-18-25(35)8-7-22(23)17-24/h4,7-11,16,18-19,24,26,33,35H,3,5-6,12-15,17,20H2,1-2H3/t24-/m1/s1. The highest BCUT2D eigenvalue weighted by molar-refractivity contribution is 5.60. The minimum Gasteiger partial charge on any atom is -0.508 e. The van der Waals surface area contributed by atoms with Gasteiger partial charge in [0.15, 0.2) is 11.6 Å². The number of hydrogen-bond donors (Lipinski definition) is 2. The number of phenols is 1. The van der Waals surface area contributed by atoms with Crippen LogP contribution in [0.4, 0.5) is 10.1 Å². The van der Waals surface area contributed by atoms with E-state index in [1.54, 1.807) is 25.3 Å². The van der Waals surface area contributed by atoms with Crippen LogP contribution >= 0.6 is 0 Å². The Bertz CT molecular complexity index is 1230. The molecular weight excluding hydrogens is 467 g/mol. The maximum absolute atomic E-state index is 15.0. The third-order valence-corrected chi connectivity index (χ3v) is 7.77. The fraction of sp³-hybridized carbons (Fsp3) is 0.419. The molecule has 0 bridgehead atoms. The lowest BCUT2D eigenvalue weighted by molar-refractivity contribution is 0.156. The van der Waals surface area contributed by atoms with E-state index < -0.39 is 0 Å². The molecule has 1 saturated heterocycles. The highest BCUT2D eigenvalue weighted by Crippen LogP contribution is 2.40. The van der Waals surface area contributed by atoms with Crippen molar-refractivity contribution in [2.75, 3.05) is 31.6 Å². The monoisotopic (exact) mass is 504 g/mol. The summed E-state index contributed by atoms with van der Waals surface area (Å²) in [6, 6.07) is 17.4. The number of fused-ring (bicyclic) bond motifs is 1. The average molecular weight is 505 g/mol. The third-order valence-electron chi connectivity index (χ3n) is 7.77. The van der Waals surface area contributed by atoms with Crippen LogP contribution in [0.25, 0.3) is 0 Å². The van der Waals surface area contributed by atoms with Crippen molar-refractivity contribution in [2.24, 2.45) is 0 Å². The summed E-state index contributed by atoms with van der Waals surface area (Å²) in [5.74, 6) is 1.55. The molecule has 0 spiro atoms. The molecule has 0 amide bonds. The van der Waals surface area contributed by atoms with E-state index in [2.05, 4.69) is 29.3 Å². The number of phenolic OH excluding ortho intramolecular Hbond substituents is 1. The zero-order chi connectivity index (χ0) is 25.8. The Labute approximate surface area is 219 Å². The molecule has 1 fully saturated rings. The van der Waals surface area contributed by atoms with Crippen LogP contribution in [0.15, 0.2) is 54.6 Å². The number of nitrogens with one attached hydrogen (secondary N) is 1. The lowest BCUT2D eigenvalue weighted by Crippen LogP contribution is -2.34. The van der Waals surface area contributed by atoms with Crippen molar-refractivity contribution >= 4 is 5.69 Å². The van der Waals surface area contributed by atoms with Crippen LogP contribution < -0.4 is 19.7 Å². The number of nitrogens with zero attached hydrogens (tertiary/aromatic N) is 1. The first-order chi connectivity index (χ1) is 18.0. The van der Waals surface area contributed by atoms with Gasteiger partial charge in [-0.3, -0.25) is 0 Å². The van der Waals surface area contributed by atoms with E-state index in [1.807, 2.05) is 24.3 Å². The molecule has 1 aliphatic carbocycles. The molecule has 3 aromatic rings. The van der Waals surface area contributed by atoms with Gasteiger partial charge in [0.2, 0.25) is 0 Å². The predicted octanol–water partition coefficient (Wildman–Crippen LogP) is 5.97. The number of benzene rings is 3. The first kappa shape index (κ1) is 25.4. The number of aryl methyl sites for hydroxylation is 1. The molecule has 5 nitrogen and oxygen atoms in total. The fourth-order valence-corrected chi connectivity index (χ4v) is 5.70. The largest absolute Gasteiger partial charge is 0.508 e. The van der Waals surface area contributed by atoms with Gasteiger partial charge in [0.25, 0.3) is 0 Å². The number of rotatable bonds is 8. The van der Waals surface area contributed by atoms with Gasteiger partial charge in [0.05, 0.1) is 7.11 Å². The predicted molar refractivity (Wildman–Crippen MR) is 146 cm³/mol. The summed E-state index contributed by atoms with van der Waals surface area (Å²) in [5, 5.41) is 13.2. The number of anilines is 1. The minimum atomic E-state index is -0.301. The zero-order valence-corrected chi connectivity index (χ0v) is 21.8. The van der Waals surface area contributed by atoms with Crippen molar-refractivity contribution in [2.45, 2.75) is 57.6 Å².